The molecule has 1 heterocycles. The van der Waals surface area contributed by atoms with Gasteiger partial charge in [-0.2, -0.15) is 0 Å². The molecule has 0 radical (unpaired) electrons. The van der Waals surface area contributed by atoms with Crippen LogP contribution in [0.4, 0.5) is 4.79 Å². The number of esters is 1. The SMILES string of the molecule is C=C1NC(=O)NC(c2ccc(OCCC(C)C)c(OC)c2)C1C(=O)OC. The zero-order chi connectivity index (χ0) is 19.3. The molecule has 0 bridgehead atoms. The Bertz CT molecular complexity index is 687. The Labute approximate surface area is 153 Å². The first-order valence-corrected chi connectivity index (χ1v) is 8.52. The first kappa shape index (κ1) is 19.6. The summed E-state index contributed by atoms with van der Waals surface area (Å²) in [4.78, 5) is 24.0. The Balaban J connectivity index is 2.28. The van der Waals surface area contributed by atoms with E-state index in [1.54, 1.807) is 25.3 Å². The molecule has 2 unspecified atom stereocenters. The smallest absolute Gasteiger partial charge is 0.319 e. The topological polar surface area (TPSA) is 85.9 Å². The second kappa shape index (κ2) is 8.60. The number of benzene rings is 1. The maximum absolute atomic E-state index is 12.2. The van der Waals surface area contributed by atoms with E-state index in [4.69, 9.17) is 14.2 Å². The van der Waals surface area contributed by atoms with Crippen LogP contribution in [0, 0.1) is 11.8 Å². The Hall–Kier alpha value is -2.70. The summed E-state index contributed by atoms with van der Waals surface area (Å²) in [7, 11) is 2.85. The molecule has 1 saturated heterocycles. The summed E-state index contributed by atoms with van der Waals surface area (Å²) in [6.45, 7) is 8.62. The molecule has 1 aliphatic rings. The van der Waals surface area contributed by atoms with Crippen LogP contribution >= 0.6 is 0 Å². The van der Waals surface area contributed by atoms with E-state index in [9.17, 15) is 9.59 Å². The van der Waals surface area contributed by atoms with Crippen molar-refractivity contribution in [2.24, 2.45) is 11.8 Å². The molecule has 7 heteroatoms. The van der Waals surface area contributed by atoms with Gasteiger partial charge < -0.3 is 24.8 Å². The highest BCUT2D eigenvalue weighted by Crippen LogP contribution is 2.35. The van der Waals surface area contributed by atoms with Crippen LogP contribution < -0.4 is 20.1 Å². The highest BCUT2D eigenvalue weighted by molar-refractivity contribution is 5.85. The first-order valence-electron chi connectivity index (χ1n) is 8.52. The molecule has 142 valence electrons. The van der Waals surface area contributed by atoms with E-state index in [-0.39, 0.29) is 0 Å². The lowest BCUT2D eigenvalue weighted by Crippen LogP contribution is -2.51. The van der Waals surface area contributed by atoms with E-state index < -0.39 is 24.0 Å². The third-order valence-electron chi connectivity index (χ3n) is 4.22. The molecule has 1 fully saturated rings. The van der Waals surface area contributed by atoms with Crippen LogP contribution in [0.15, 0.2) is 30.5 Å². The van der Waals surface area contributed by atoms with Gasteiger partial charge in [0.2, 0.25) is 0 Å². The second-order valence-corrected chi connectivity index (χ2v) is 6.54. The predicted molar refractivity (Wildman–Crippen MR) is 97.0 cm³/mol. The van der Waals surface area contributed by atoms with Crippen LogP contribution in [-0.2, 0) is 9.53 Å². The van der Waals surface area contributed by atoms with Gasteiger partial charge in [-0.1, -0.05) is 26.5 Å². The van der Waals surface area contributed by atoms with E-state index >= 15 is 0 Å². The van der Waals surface area contributed by atoms with Crippen molar-refractivity contribution in [1.29, 1.82) is 0 Å². The van der Waals surface area contributed by atoms with Crippen molar-refractivity contribution in [1.82, 2.24) is 10.6 Å². The Morgan fingerprint density at radius 2 is 2.00 bits per heavy atom. The van der Waals surface area contributed by atoms with Gasteiger partial charge in [-0.05, 0) is 30.0 Å². The van der Waals surface area contributed by atoms with E-state index in [0.29, 0.717) is 35.3 Å². The largest absolute Gasteiger partial charge is 0.493 e. The lowest BCUT2D eigenvalue weighted by atomic mass is 9.89. The fourth-order valence-electron chi connectivity index (χ4n) is 2.77. The summed E-state index contributed by atoms with van der Waals surface area (Å²) in [6.07, 6.45) is 0.930. The fraction of sp³-hybridized carbons (Fsp3) is 0.474. The third kappa shape index (κ3) is 4.47. The summed E-state index contributed by atoms with van der Waals surface area (Å²) in [5.74, 6) is 0.467. The van der Waals surface area contributed by atoms with Gasteiger partial charge in [0, 0.05) is 5.70 Å². The molecule has 26 heavy (non-hydrogen) atoms. The third-order valence-corrected chi connectivity index (χ3v) is 4.22. The molecule has 0 spiro atoms. The van der Waals surface area contributed by atoms with Crippen LogP contribution in [0.1, 0.15) is 31.9 Å². The number of amides is 2. The molecule has 2 atom stereocenters. The second-order valence-electron chi connectivity index (χ2n) is 6.54. The highest BCUT2D eigenvalue weighted by Gasteiger charge is 2.38. The standard InChI is InChI=1S/C19H26N2O5/c1-11(2)8-9-26-14-7-6-13(10-15(14)24-4)17-16(18(22)25-5)12(3)20-19(23)21-17/h6-7,10-11,16-17H,3,8-9H2,1-2,4-5H3,(H2,20,21,23). The predicted octanol–water partition coefficient (Wildman–Crippen LogP) is 2.78. The molecule has 2 N–H and O–H groups in total. The summed E-state index contributed by atoms with van der Waals surface area (Å²) in [6, 6.07) is 4.30. The first-order chi connectivity index (χ1) is 12.4. The summed E-state index contributed by atoms with van der Waals surface area (Å²) in [5.41, 5.74) is 0.992. The van der Waals surface area contributed by atoms with Crippen LogP contribution in [-0.4, -0.2) is 32.8 Å². The molecule has 7 nitrogen and oxygen atoms in total. The lowest BCUT2D eigenvalue weighted by Gasteiger charge is -2.33. The number of methoxy groups -OCH3 is 2. The number of ether oxygens (including phenoxy) is 3. The van der Waals surface area contributed by atoms with E-state index in [1.807, 2.05) is 0 Å². The average molecular weight is 362 g/mol. The number of hydrogen-bond acceptors (Lipinski definition) is 5. The maximum Gasteiger partial charge on any atom is 0.319 e. The number of hydrogen-bond donors (Lipinski definition) is 2. The zero-order valence-corrected chi connectivity index (χ0v) is 15.6. The van der Waals surface area contributed by atoms with Gasteiger partial charge in [-0.15, -0.1) is 0 Å². The van der Waals surface area contributed by atoms with Gasteiger partial charge in [0.25, 0.3) is 0 Å². The molecule has 2 rings (SSSR count). The molecule has 0 aromatic heterocycles. The Kier molecular flexibility index (Phi) is 6.49. The minimum atomic E-state index is -0.741. The van der Waals surface area contributed by atoms with Gasteiger partial charge in [-0.25, -0.2) is 4.79 Å². The van der Waals surface area contributed by atoms with Gasteiger partial charge in [-0.3, -0.25) is 4.79 Å². The zero-order valence-electron chi connectivity index (χ0n) is 15.6. The maximum atomic E-state index is 12.2. The summed E-state index contributed by atoms with van der Waals surface area (Å²) < 4.78 is 16.1. The fourth-order valence-corrected chi connectivity index (χ4v) is 2.77. The number of carbonyl (C=O) groups excluding carboxylic acids is 2. The normalized spacial score (nSPS) is 19.6. The van der Waals surface area contributed by atoms with Crippen LogP contribution in [0.2, 0.25) is 0 Å². The minimum absolute atomic E-state index is 0.293. The summed E-state index contributed by atoms with van der Waals surface area (Å²) in [5, 5.41) is 5.27. The van der Waals surface area contributed by atoms with E-state index in [1.165, 1.54) is 7.11 Å². The number of rotatable bonds is 7. The van der Waals surface area contributed by atoms with Gasteiger partial charge >= 0.3 is 12.0 Å². The molecule has 0 saturated carbocycles. The Morgan fingerprint density at radius 3 is 2.62 bits per heavy atom. The van der Waals surface area contributed by atoms with Gasteiger partial charge in [0.15, 0.2) is 11.5 Å². The van der Waals surface area contributed by atoms with Gasteiger partial charge in [0.05, 0.1) is 26.9 Å². The van der Waals surface area contributed by atoms with Crippen LogP contribution in [0.5, 0.6) is 11.5 Å². The highest BCUT2D eigenvalue weighted by atomic mass is 16.5. The molecule has 1 aliphatic heterocycles. The lowest BCUT2D eigenvalue weighted by molar-refractivity contribution is -0.145. The van der Waals surface area contributed by atoms with Crippen molar-refractivity contribution in [2.45, 2.75) is 26.3 Å². The molecule has 0 aliphatic carbocycles. The molecule has 2 amide bonds. The van der Waals surface area contributed by atoms with Crippen molar-refractivity contribution in [3.8, 4) is 11.5 Å². The van der Waals surface area contributed by atoms with Gasteiger partial charge in [0.1, 0.15) is 5.92 Å². The summed E-state index contributed by atoms with van der Waals surface area (Å²) >= 11 is 0. The van der Waals surface area contributed by atoms with E-state index in [0.717, 1.165) is 6.42 Å². The monoisotopic (exact) mass is 362 g/mol. The molecular formula is C19H26N2O5. The van der Waals surface area contributed by atoms with Crippen molar-refractivity contribution in [3.05, 3.63) is 36.0 Å². The van der Waals surface area contributed by atoms with Crippen molar-refractivity contribution in [3.63, 3.8) is 0 Å². The molecule has 1 aromatic carbocycles. The van der Waals surface area contributed by atoms with Crippen molar-refractivity contribution < 1.29 is 23.8 Å². The molecule has 1 aromatic rings. The molecular weight excluding hydrogens is 336 g/mol. The van der Waals surface area contributed by atoms with Crippen molar-refractivity contribution >= 4 is 12.0 Å². The van der Waals surface area contributed by atoms with Crippen LogP contribution in [0.25, 0.3) is 0 Å². The van der Waals surface area contributed by atoms with E-state index in [2.05, 4.69) is 31.1 Å². The van der Waals surface area contributed by atoms with Crippen molar-refractivity contribution in [2.75, 3.05) is 20.8 Å². The minimum Gasteiger partial charge on any atom is -0.493 e. The number of nitrogens with one attached hydrogen (secondary N) is 2. The quantitative estimate of drug-likeness (QED) is 0.729. The average Bonchev–Trinajstić information content (AvgIpc) is 2.60. The number of carbonyl (C=O) groups is 2. The number of urea groups is 1. The van der Waals surface area contributed by atoms with Crippen LogP contribution in [0.3, 0.4) is 0 Å². The Morgan fingerprint density at radius 1 is 1.27 bits per heavy atom.